The molecule has 1 aliphatic heterocycles. The number of nitrogens with one attached hydrogen (secondary N) is 3. The highest BCUT2D eigenvalue weighted by Crippen LogP contribution is 2.32. The van der Waals surface area contributed by atoms with E-state index in [0.29, 0.717) is 5.56 Å². The first-order valence-corrected chi connectivity index (χ1v) is 8.99. The Hall–Kier alpha value is -3.22. The van der Waals surface area contributed by atoms with Crippen molar-refractivity contribution >= 4 is 29.1 Å². The Morgan fingerprint density at radius 2 is 1.82 bits per heavy atom. The second kappa shape index (κ2) is 7.80. The lowest BCUT2D eigenvalue weighted by Crippen LogP contribution is -2.39. The molecule has 0 bridgehead atoms. The van der Waals surface area contributed by atoms with Gasteiger partial charge in [-0.1, -0.05) is 23.8 Å². The van der Waals surface area contributed by atoms with Crippen LogP contribution in [0.2, 0.25) is 0 Å². The third-order valence-electron chi connectivity index (χ3n) is 4.74. The number of halogens is 1. The van der Waals surface area contributed by atoms with Gasteiger partial charge in [0.05, 0.1) is 12.5 Å². The van der Waals surface area contributed by atoms with Crippen LogP contribution in [0.3, 0.4) is 0 Å². The third kappa shape index (κ3) is 4.19. The molecule has 0 aromatic heterocycles. The number of fused-ring (bicyclic) bond motifs is 1. The number of hydrogen-bond acceptors (Lipinski definition) is 3. The Kier molecular flexibility index (Phi) is 5.44. The Labute approximate surface area is 162 Å². The summed E-state index contributed by atoms with van der Waals surface area (Å²) >= 11 is 0. The summed E-state index contributed by atoms with van der Waals surface area (Å²) in [6.45, 7) is 5.58. The lowest BCUT2D eigenvalue weighted by atomic mass is 9.89. The molecule has 0 saturated heterocycles. The Bertz CT molecular complexity index is 948. The maximum absolute atomic E-state index is 13.4. The van der Waals surface area contributed by atoms with Crippen molar-refractivity contribution in [2.24, 2.45) is 0 Å². The minimum Gasteiger partial charge on any atom is -0.346 e. The molecule has 0 saturated carbocycles. The summed E-state index contributed by atoms with van der Waals surface area (Å²) in [5.74, 6) is -2.44. The average Bonchev–Trinajstić information content (AvgIpc) is 2.61. The quantitative estimate of drug-likeness (QED) is 0.759. The van der Waals surface area contributed by atoms with E-state index in [1.54, 1.807) is 0 Å². The molecule has 3 N–H and O–H groups in total. The van der Waals surface area contributed by atoms with E-state index in [4.69, 9.17) is 0 Å². The second-order valence-electron chi connectivity index (χ2n) is 7.08. The van der Waals surface area contributed by atoms with E-state index in [9.17, 15) is 18.8 Å². The molecule has 0 aliphatic carbocycles. The van der Waals surface area contributed by atoms with E-state index in [-0.39, 0.29) is 30.5 Å². The fraction of sp³-hybridized carbons (Fsp3) is 0.286. The molecule has 3 amide bonds. The molecule has 1 unspecified atom stereocenters. The van der Waals surface area contributed by atoms with Crippen molar-refractivity contribution in [3.8, 4) is 0 Å². The fourth-order valence-electron chi connectivity index (χ4n) is 3.52. The van der Waals surface area contributed by atoms with Crippen LogP contribution < -0.4 is 16.0 Å². The maximum Gasteiger partial charge on any atom is 0.243 e. The molecule has 1 atom stereocenters. The van der Waals surface area contributed by atoms with Gasteiger partial charge in [-0.25, -0.2) is 4.39 Å². The van der Waals surface area contributed by atoms with Gasteiger partial charge in [-0.2, -0.15) is 0 Å². The fourth-order valence-corrected chi connectivity index (χ4v) is 3.52. The van der Waals surface area contributed by atoms with Crippen molar-refractivity contribution in [1.29, 1.82) is 0 Å². The van der Waals surface area contributed by atoms with Crippen LogP contribution in [0.15, 0.2) is 30.3 Å². The van der Waals surface area contributed by atoms with Gasteiger partial charge in [-0.3, -0.25) is 14.4 Å². The van der Waals surface area contributed by atoms with Gasteiger partial charge in [-0.15, -0.1) is 0 Å². The molecule has 1 heterocycles. The summed E-state index contributed by atoms with van der Waals surface area (Å²) in [5.41, 5.74) is 4.53. The van der Waals surface area contributed by atoms with Gasteiger partial charge in [0, 0.05) is 17.8 Å². The summed E-state index contributed by atoms with van der Waals surface area (Å²) < 4.78 is 13.4. The standard InChI is InChI=1S/C21H22FN3O3/c1-11-6-12(2)20(13(3)7-11)25-19(27)10-23-21(28)16-9-18(26)24-17-8-14(22)4-5-15(16)17/h4-8,16H,9-10H2,1-3H3,(H,23,28)(H,24,26)(H,25,27). The van der Waals surface area contributed by atoms with E-state index in [0.717, 1.165) is 22.4 Å². The normalized spacial score (nSPS) is 15.4. The van der Waals surface area contributed by atoms with Crippen LogP contribution in [0.4, 0.5) is 15.8 Å². The maximum atomic E-state index is 13.4. The summed E-state index contributed by atoms with van der Waals surface area (Å²) in [7, 11) is 0. The molecule has 0 radical (unpaired) electrons. The number of aryl methyl sites for hydroxylation is 3. The molecular formula is C21H22FN3O3. The molecule has 3 rings (SSSR count). The van der Waals surface area contributed by atoms with Gasteiger partial charge in [0.25, 0.3) is 0 Å². The van der Waals surface area contributed by atoms with Gasteiger partial charge < -0.3 is 16.0 Å². The van der Waals surface area contributed by atoms with E-state index >= 15 is 0 Å². The van der Waals surface area contributed by atoms with Gasteiger partial charge in [0.2, 0.25) is 17.7 Å². The Morgan fingerprint density at radius 3 is 2.50 bits per heavy atom. The third-order valence-corrected chi connectivity index (χ3v) is 4.74. The largest absolute Gasteiger partial charge is 0.346 e. The van der Waals surface area contributed by atoms with Crippen LogP contribution in [0.25, 0.3) is 0 Å². The van der Waals surface area contributed by atoms with E-state index < -0.39 is 17.6 Å². The second-order valence-corrected chi connectivity index (χ2v) is 7.08. The number of anilines is 2. The summed E-state index contributed by atoms with van der Waals surface area (Å²) in [6.07, 6.45) is -0.0533. The Morgan fingerprint density at radius 1 is 1.14 bits per heavy atom. The van der Waals surface area contributed by atoms with E-state index in [2.05, 4.69) is 16.0 Å². The molecule has 28 heavy (non-hydrogen) atoms. The van der Waals surface area contributed by atoms with E-state index in [1.807, 2.05) is 32.9 Å². The molecule has 2 aromatic rings. The molecule has 7 heteroatoms. The van der Waals surface area contributed by atoms with Crippen molar-refractivity contribution in [3.63, 3.8) is 0 Å². The highest BCUT2D eigenvalue weighted by atomic mass is 19.1. The molecule has 0 spiro atoms. The van der Waals surface area contributed by atoms with Crippen LogP contribution in [0.5, 0.6) is 0 Å². The van der Waals surface area contributed by atoms with Crippen LogP contribution in [0.1, 0.15) is 34.6 Å². The first-order valence-electron chi connectivity index (χ1n) is 8.99. The molecule has 6 nitrogen and oxygen atoms in total. The van der Waals surface area contributed by atoms with Crippen LogP contribution in [0, 0.1) is 26.6 Å². The van der Waals surface area contributed by atoms with E-state index in [1.165, 1.54) is 18.2 Å². The van der Waals surface area contributed by atoms with Crippen molar-refractivity contribution in [2.45, 2.75) is 33.1 Å². The zero-order chi connectivity index (χ0) is 20.4. The molecule has 0 fully saturated rings. The zero-order valence-electron chi connectivity index (χ0n) is 16.0. The van der Waals surface area contributed by atoms with Crippen molar-refractivity contribution in [3.05, 3.63) is 58.4 Å². The predicted octanol–water partition coefficient (Wildman–Crippen LogP) is 2.93. The number of carbonyl (C=O) groups is 3. The van der Waals surface area contributed by atoms with Gasteiger partial charge in [0.15, 0.2) is 0 Å². The number of benzene rings is 2. The van der Waals surface area contributed by atoms with Crippen LogP contribution in [-0.2, 0) is 14.4 Å². The van der Waals surface area contributed by atoms with Crippen molar-refractivity contribution in [1.82, 2.24) is 5.32 Å². The van der Waals surface area contributed by atoms with Crippen LogP contribution in [-0.4, -0.2) is 24.3 Å². The minimum atomic E-state index is -0.764. The minimum absolute atomic E-state index is 0.0533. The Balaban J connectivity index is 1.66. The number of rotatable bonds is 4. The highest BCUT2D eigenvalue weighted by molar-refractivity contribution is 6.02. The number of hydrogen-bond donors (Lipinski definition) is 3. The number of amides is 3. The topological polar surface area (TPSA) is 87.3 Å². The van der Waals surface area contributed by atoms with Gasteiger partial charge in [0.1, 0.15) is 5.82 Å². The molecule has 146 valence electrons. The molecule has 1 aliphatic rings. The summed E-state index contributed by atoms with van der Waals surface area (Å²) in [4.78, 5) is 36.7. The summed E-state index contributed by atoms with van der Waals surface area (Å²) in [5, 5.41) is 7.95. The average molecular weight is 383 g/mol. The summed E-state index contributed by atoms with van der Waals surface area (Å²) in [6, 6.07) is 7.85. The zero-order valence-corrected chi connectivity index (χ0v) is 16.0. The highest BCUT2D eigenvalue weighted by Gasteiger charge is 2.31. The predicted molar refractivity (Wildman–Crippen MR) is 105 cm³/mol. The molecular weight excluding hydrogens is 361 g/mol. The van der Waals surface area contributed by atoms with Crippen molar-refractivity contribution in [2.75, 3.05) is 17.2 Å². The van der Waals surface area contributed by atoms with Gasteiger partial charge in [-0.05, 0) is 49.6 Å². The van der Waals surface area contributed by atoms with Crippen molar-refractivity contribution < 1.29 is 18.8 Å². The van der Waals surface area contributed by atoms with Gasteiger partial charge >= 0.3 is 0 Å². The molecule has 2 aromatic carbocycles. The van der Waals surface area contributed by atoms with Crippen LogP contribution >= 0.6 is 0 Å². The smallest absolute Gasteiger partial charge is 0.243 e. The first kappa shape index (κ1) is 19.5. The number of carbonyl (C=O) groups excluding carboxylic acids is 3. The lowest BCUT2D eigenvalue weighted by molar-refractivity contribution is -0.127. The lowest BCUT2D eigenvalue weighted by Gasteiger charge is -2.24. The monoisotopic (exact) mass is 383 g/mol. The SMILES string of the molecule is Cc1cc(C)c(NC(=O)CNC(=O)C2CC(=O)Nc3cc(F)ccc32)c(C)c1. The first-order chi connectivity index (χ1) is 13.2.